The molecular weight excluding hydrogens is 226 g/mol. The Morgan fingerprint density at radius 2 is 2.12 bits per heavy atom. The van der Waals surface area contributed by atoms with Crippen molar-refractivity contribution in [1.82, 2.24) is 0 Å². The monoisotopic (exact) mass is 251 g/mol. The van der Waals surface area contributed by atoms with Gasteiger partial charge in [-0.3, -0.25) is 4.79 Å². The minimum atomic E-state index is -0.818. The Bertz CT molecular complexity index is 382. The van der Waals surface area contributed by atoms with Gasteiger partial charge in [0, 0.05) is 8.80 Å². The van der Waals surface area contributed by atoms with Gasteiger partial charge in [0.05, 0.1) is 5.41 Å². The molecule has 0 bridgehead atoms. The number of carbonyl (C=O) groups is 1. The van der Waals surface area contributed by atoms with E-state index < -0.39 is 14.2 Å². The smallest absolute Gasteiger partial charge is 0.227 e. The molecule has 2 N–H and O–H groups in total. The first-order chi connectivity index (χ1) is 7.81. The van der Waals surface area contributed by atoms with E-state index in [0.717, 1.165) is 18.9 Å². The quantitative estimate of drug-likeness (QED) is 0.750. The lowest BCUT2D eigenvalue weighted by molar-refractivity contribution is -0.124. The number of nitrogens with two attached hydrogens (primary N) is 1. The van der Waals surface area contributed by atoms with Gasteiger partial charge in [-0.2, -0.15) is 0 Å². The second-order valence-electron chi connectivity index (χ2n) is 5.80. The summed E-state index contributed by atoms with van der Waals surface area (Å²) in [5.74, 6) is -0.157. The molecule has 0 aliphatic heterocycles. The third-order valence-electron chi connectivity index (χ3n) is 3.80. The molecule has 1 aliphatic carbocycles. The maximum atomic E-state index is 11.8. The van der Waals surface area contributed by atoms with Crippen LogP contribution in [0.3, 0.4) is 0 Å². The Hall–Kier alpha value is -0.833. The number of allylic oxidation sites excluding steroid dienone is 3. The number of hydrogen-bond acceptors (Lipinski definition) is 1. The molecule has 1 amide bonds. The number of amides is 1. The predicted octanol–water partition coefficient (Wildman–Crippen LogP) is 3.02. The second kappa shape index (κ2) is 5.21. The normalized spacial score (nSPS) is 19.5. The first-order valence-corrected chi connectivity index (χ1v) is 9.63. The topological polar surface area (TPSA) is 43.1 Å². The fraction of sp³-hybridized carbons (Fsp3) is 0.643. The zero-order chi connectivity index (χ0) is 13.2. The Kier molecular flexibility index (Phi) is 4.36. The molecule has 1 rings (SSSR count). The third-order valence-corrected chi connectivity index (χ3v) is 5.44. The van der Waals surface area contributed by atoms with Crippen LogP contribution in [0.4, 0.5) is 0 Å². The van der Waals surface area contributed by atoms with E-state index in [1.165, 1.54) is 16.7 Å². The molecule has 3 heteroatoms. The van der Waals surface area contributed by atoms with Crippen LogP contribution in [0, 0.1) is 5.41 Å². The molecule has 0 aromatic heterocycles. The summed E-state index contributed by atoms with van der Waals surface area (Å²) in [6.07, 6.45) is 4.20. The van der Waals surface area contributed by atoms with Crippen LogP contribution in [-0.2, 0) is 4.79 Å². The molecule has 0 fully saturated rings. The van der Waals surface area contributed by atoms with Crippen molar-refractivity contribution < 1.29 is 4.79 Å². The summed E-state index contributed by atoms with van der Waals surface area (Å²) in [6, 6.07) is 0.971. The lowest BCUT2D eigenvalue weighted by Crippen LogP contribution is -2.38. The van der Waals surface area contributed by atoms with Crippen molar-refractivity contribution >= 4 is 14.7 Å². The molecule has 0 saturated heterocycles. The van der Waals surface area contributed by atoms with Crippen molar-refractivity contribution in [3.8, 4) is 0 Å². The molecular formula is C14H25NOSi. The van der Waals surface area contributed by atoms with E-state index in [1.807, 2.05) is 6.92 Å². The van der Waals surface area contributed by atoms with E-state index in [4.69, 9.17) is 5.73 Å². The van der Waals surface area contributed by atoms with E-state index in [0.29, 0.717) is 0 Å². The standard InChI is InChI=1S/C14H25NOSi/c1-6-11-8-12(7-10(11)2)14(3,13(15)16)9-17(4)5/h8,17H,6-7,9H2,1-5H3,(H2,15,16). The van der Waals surface area contributed by atoms with Crippen LogP contribution >= 0.6 is 0 Å². The third kappa shape index (κ3) is 2.89. The van der Waals surface area contributed by atoms with Crippen molar-refractivity contribution in [3.05, 3.63) is 22.8 Å². The highest BCUT2D eigenvalue weighted by Crippen LogP contribution is 2.41. The van der Waals surface area contributed by atoms with Gasteiger partial charge in [0.25, 0.3) is 0 Å². The summed E-state index contributed by atoms with van der Waals surface area (Å²) >= 11 is 0. The molecule has 2 nitrogen and oxygen atoms in total. The van der Waals surface area contributed by atoms with Gasteiger partial charge in [-0.15, -0.1) is 0 Å². The molecule has 0 aromatic carbocycles. The molecule has 96 valence electrons. The van der Waals surface area contributed by atoms with Crippen LogP contribution in [-0.4, -0.2) is 14.7 Å². The minimum absolute atomic E-state index is 0.157. The van der Waals surface area contributed by atoms with Gasteiger partial charge in [-0.1, -0.05) is 37.2 Å². The molecule has 17 heavy (non-hydrogen) atoms. The van der Waals surface area contributed by atoms with Gasteiger partial charge in [0.15, 0.2) is 0 Å². The molecule has 1 unspecified atom stereocenters. The first kappa shape index (κ1) is 14.2. The van der Waals surface area contributed by atoms with Crippen molar-refractivity contribution in [3.63, 3.8) is 0 Å². The number of hydrogen-bond donors (Lipinski definition) is 1. The summed E-state index contributed by atoms with van der Waals surface area (Å²) in [4.78, 5) is 11.8. The van der Waals surface area contributed by atoms with Gasteiger partial charge in [-0.25, -0.2) is 0 Å². The molecule has 0 radical (unpaired) electrons. The van der Waals surface area contributed by atoms with E-state index in [-0.39, 0.29) is 5.91 Å². The largest absolute Gasteiger partial charge is 0.369 e. The van der Waals surface area contributed by atoms with Crippen molar-refractivity contribution in [2.24, 2.45) is 11.1 Å². The van der Waals surface area contributed by atoms with Gasteiger partial charge >= 0.3 is 0 Å². The van der Waals surface area contributed by atoms with Crippen LogP contribution in [0.1, 0.15) is 33.6 Å². The summed E-state index contributed by atoms with van der Waals surface area (Å²) in [6.45, 7) is 10.9. The molecule has 0 aromatic rings. The molecule has 1 atom stereocenters. The van der Waals surface area contributed by atoms with Crippen LogP contribution in [0.15, 0.2) is 22.8 Å². The second-order valence-corrected chi connectivity index (χ2v) is 9.00. The van der Waals surface area contributed by atoms with Crippen LogP contribution in [0.2, 0.25) is 19.1 Å². The summed E-state index contributed by atoms with van der Waals surface area (Å²) < 4.78 is 0. The Balaban J connectivity index is 3.01. The average Bonchev–Trinajstić information content (AvgIpc) is 2.58. The predicted molar refractivity (Wildman–Crippen MR) is 76.7 cm³/mol. The summed E-state index contributed by atoms with van der Waals surface area (Å²) in [5.41, 5.74) is 9.26. The highest BCUT2D eigenvalue weighted by molar-refractivity contribution is 6.56. The van der Waals surface area contributed by atoms with Gasteiger partial charge in [-0.05, 0) is 38.3 Å². The number of rotatable bonds is 5. The number of carbonyl (C=O) groups excluding carboxylic acids is 1. The highest BCUT2D eigenvalue weighted by atomic mass is 28.3. The first-order valence-electron chi connectivity index (χ1n) is 6.50. The average molecular weight is 251 g/mol. The van der Waals surface area contributed by atoms with E-state index in [9.17, 15) is 4.79 Å². The number of primary amides is 1. The van der Waals surface area contributed by atoms with Crippen LogP contribution in [0.5, 0.6) is 0 Å². The Labute approximate surface area is 107 Å². The maximum Gasteiger partial charge on any atom is 0.227 e. The van der Waals surface area contributed by atoms with E-state index in [1.54, 1.807) is 0 Å². The van der Waals surface area contributed by atoms with Gasteiger partial charge in [0.1, 0.15) is 0 Å². The fourth-order valence-corrected chi connectivity index (χ4v) is 4.84. The molecule has 0 saturated carbocycles. The zero-order valence-corrected chi connectivity index (χ0v) is 12.9. The molecule has 0 spiro atoms. The van der Waals surface area contributed by atoms with E-state index >= 15 is 0 Å². The van der Waals surface area contributed by atoms with Crippen molar-refractivity contribution in [1.29, 1.82) is 0 Å². The summed E-state index contributed by atoms with van der Waals surface area (Å²) in [7, 11) is -0.818. The Morgan fingerprint density at radius 3 is 2.47 bits per heavy atom. The lowest BCUT2D eigenvalue weighted by Gasteiger charge is -2.29. The van der Waals surface area contributed by atoms with Gasteiger partial charge < -0.3 is 5.73 Å². The van der Waals surface area contributed by atoms with Gasteiger partial charge in [0.2, 0.25) is 5.91 Å². The Morgan fingerprint density at radius 1 is 1.53 bits per heavy atom. The lowest BCUT2D eigenvalue weighted by atomic mass is 9.82. The molecule has 0 heterocycles. The minimum Gasteiger partial charge on any atom is -0.369 e. The zero-order valence-electron chi connectivity index (χ0n) is 11.8. The fourth-order valence-electron chi connectivity index (χ4n) is 2.75. The van der Waals surface area contributed by atoms with Crippen LogP contribution < -0.4 is 5.73 Å². The maximum absolute atomic E-state index is 11.8. The van der Waals surface area contributed by atoms with Crippen molar-refractivity contribution in [2.45, 2.75) is 52.8 Å². The van der Waals surface area contributed by atoms with Crippen molar-refractivity contribution in [2.75, 3.05) is 0 Å². The summed E-state index contributed by atoms with van der Waals surface area (Å²) in [5, 5.41) is 0. The SMILES string of the molecule is CCC1=C(C)CC(C(C)(C[SiH](C)C)C(N)=O)=C1. The van der Waals surface area contributed by atoms with Crippen LogP contribution in [0.25, 0.3) is 0 Å². The van der Waals surface area contributed by atoms with E-state index in [2.05, 4.69) is 33.0 Å². The molecule has 1 aliphatic rings. The highest BCUT2D eigenvalue weighted by Gasteiger charge is 2.37.